The fraction of sp³-hybridized carbons (Fsp3) is 0.450. The number of amides is 1. The van der Waals surface area contributed by atoms with E-state index in [0.29, 0.717) is 18.2 Å². The molecule has 7 nitrogen and oxygen atoms in total. The van der Waals surface area contributed by atoms with E-state index in [1.54, 1.807) is 0 Å². The van der Waals surface area contributed by atoms with Gasteiger partial charge < -0.3 is 5.32 Å². The highest BCUT2D eigenvalue weighted by Gasteiger charge is 2.26. The summed E-state index contributed by atoms with van der Waals surface area (Å²) in [5.74, 6) is -0.225. The van der Waals surface area contributed by atoms with Crippen LogP contribution in [0.15, 0.2) is 34.3 Å². The van der Waals surface area contributed by atoms with Crippen LogP contribution in [0.1, 0.15) is 37.1 Å². The zero-order valence-corrected chi connectivity index (χ0v) is 19.4. The standard InChI is InChI=1S/C20H25ClN4O3S2/c1-14-11-15(2)23-20(22-14)29-13-19(26)24-18-12-16(7-8-17(18)21)30(27,28)25-9-5-3-4-6-10-25/h7-8,11-12H,3-6,9-10,13H2,1-2H3,(H,24,26). The molecule has 0 unspecified atom stereocenters. The third-order valence-corrected chi connectivity index (χ3v) is 7.78. The maximum atomic E-state index is 13.0. The second kappa shape index (κ2) is 10.1. The van der Waals surface area contributed by atoms with Crippen molar-refractivity contribution in [1.29, 1.82) is 0 Å². The minimum atomic E-state index is -3.63. The van der Waals surface area contributed by atoms with Gasteiger partial charge in [0.05, 0.1) is 21.4 Å². The van der Waals surface area contributed by atoms with E-state index in [4.69, 9.17) is 11.6 Å². The number of nitrogens with one attached hydrogen (secondary N) is 1. The summed E-state index contributed by atoms with van der Waals surface area (Å²) < 4.78 is 27.5. The Morgan fingerprint density at radius 1 is 1.10 bits per heavy atom. The molecule has 1 amide bonds. The van der Waals surface area contributed by atoms with Crippen LogP contribution in [0.4, 0.5) is 5.69 Å². The normalized spacial score (nSPS) is 15.6. The monoisotopic (exact) mass is 468 g/mol. The number of hydrogen-bond donors (Lipinski definition) is 1. The van der Waals surface area contributed by atoms with E-state index in [2.05, 4.69) is 15.3 Å². The third-order valence-electron chi connectivity index (χ3n) is 4.71. The predicted octanol–water partition coefficient (Wildman–Crippen LogP) is 4.04. The van der Waals surface area contributed by atoms with Crippen molar-refractivity contribution < 1.29 is 13.2 Å². The molecule has 0 spiro atoms. The summed E-state index contributed by atoms with van der Waals surface area (Å²) in [6.45, 7) is 4.77. The summed E-state index contributed by atoms with van der Waals surface area (Å²) in [4.78, 5) is 21.1. The van der Waals surface area contributed by atoms with Gasteiger partial charge in [0.1, 0.15) is 0 Å². The highest BCUT2D eigenvalue weighted by atomic mass is 35.5. The lowest BCUT2D eigenvalue weighted by Crippen LogP contribution is -2.32. The number of aromatic nitrogens is 2. The first-order chi connectivity index (χ1) is 14.3. The lowest BCUT2D eigenvalue weighted by Gasteiger charge is -2.20. The van der Waals surface area contributed by atoms with Gasteiger partial charge in [-0.1, -0.05) is 36.2 Å². The van der Waals surface area contributed by atoms with Crippen LogP contribution in [0.25, 0.3) is 0 Å². The van der Waals surface area contributed by atoms with Crippen molar-refractivity contribution in [3.8, 4) is 0 Å². The number of carbonyl (C=O) groups is 1. The number of benzene rings is 1. The number of rotatable bonds is 6. The van der Waals surface area contributed by atoms with E-state index in [0.717, 1.165) is 37.1 Å². The Balaban J connectivity index is 1.70. The van der Waals surface area contributed by atoms with Crippen molar-refractivity contribution in [2.45, 2.75) is 49.6 Å². The maximum Gasteiger partial charge on any atom is 0.243 e. The summed E-state index contributed by atoms with van der Waals surface area (Å²) >= 11 is 7.42. The number of nitrogens with zero attached hydrogens (tertiary/aromatic N) is 3. The first kappa shape index (κ1) is 23.0. The Morgan fingerprint density at radius 3 is 2.37 bits per heavy atom. The maximum absolute atomic E-state index is 13.0. The molecule has 1 N–H and O–H groups in total. The minimum Gasteiger partial charge on any atom is -0.324 e. The molecule has 2 heterocycles. The average Bonchev–Trinajstić information content (AvgIpc) is 2.97. The molecular weight excluding hydrogens is 444 g/mol. The Kier molecular flexibility index (Phi) is 7.73. The van der Waals surface area contributed by atoms with Gasteiger partial charge in [-0.3, -0.25) is 4.79 Å². The van der Waals surface area contributed by atoms with Gasteiger partial charge in [0.25, 0.3) is 0 Å². The molecule has 162 valence electrons. The van der Waals surface area contributed by atoms with Crippen molar-refractivity contribution >= 4 is 45.0 Å². The van der Waals surface area contributed by atoms with Gasteiger partial charge in [0.2, 0.25) is 15.9 Å². The van der Waals surface area contributed by atoms with Crippen LogP contribution in [-0.4, -0.2) is 47.4 Å². The van der Waals surface area contributed by atoms with Gasteiger partial charge in [-0.25, -0.2) is 18.4 Å². The Morgan fingerprint density at radius 2 is 1.73 bits per heavy atom. The molecule has 1 aromatic carbocycles. The van der Waals surface area contributed by atoms with E-state index in [1.807, 2.05) is 19.9 Å². The number of carbonyl (C=O) groups excluding carboxylic acids is 1. The zero-order valence-electron chi connectivity index (χ0n) is 17.0. The highest BCUT2D eigenvalue weighted by molar-refractivity contribution is 7.99. The molecule has 30 heavy (non-hydrogen) atoms. The Labute approximate surface area is 186 Å². The lowest BCUT2D eigenvalue weighted by atomic mass is 10.2. The van der Waals surface area contributed by atoms with Crippen LogP contribution in [0, 0.1) is 13.8 Å². The molecular formula is C20H25ClN4O3S2. The number of thioether (sulfide) groups is 1. The van der Waals surface area contributed by atoms with Gasteiger partial charge in [0.15, 0.2) is 5.16 Å². The number of aryl methyl sites for hydroxylation is 2. The van der Waals surface area contributed by atoms with E-state index < -0.39 is 10.0 Å². The van der Waals surface area contributed by atoms with Crippen molar-refractivity contribution in [2.24, 2.45) is 0 Å². The predicted molar refractivity (Wildman–Crippen MR) is 120 cm³/mol. The van der Waals surface area contributed by atoms with Gasteiger partial charge in [-0.2, -0.15) is 4.31 Å². The smallest absolute Gasteiger partial charge is 0.243 e. The molecule has 1 fully saturated rings. The molecule has 0 saturated carbocycles. The van der Waals surface area contributed by atoms with Crippen LogP contribution < -0.4 is 5.32 Å². The van der Waals surface area contributed by atoms with Crippen molar-refractivity contribution in [3.63, 3.8) is 0 Å². The minimum absolute atomic E-state index is 0.0856. The molecule has 1 aromatic heterocycles. The summed E-state index contributed by atoms with van der Waals surface area (Å²) in [7, 11) is -3.63. The first-order valence-electron chi connectivity index (χ1n) is 9.80. The number of sulfonamides is 1. The summed E-state index contributed by atoms with van der Waals surface area (Å²) in [6.07, 6.45) is 3.79. The van der Waals surface area contributed by atoms with Crippen LogP contribution in [0.3, 0.4) is 0 Å². The van der Waals surface area contributed by atoms with E-state index >= 15 is 0 Å². The van der Waals surface area contributed by atoms with Gasteiger partial charge >= 0.3 is 0 Å². The van der Waals surface area contributed by atoms with Gasteiger partial charge in [-0.05, 0) is 51.0 Å². The second-order valence-electron chi connectivity index (χ2n) is 7.23. The quantitative estimate of drug-likeness (QED) is 0.508. The fourth-order valence-corrected chi connectivity index (χ4v) is 5.72. The second-order valence-corrected chi connectivity index (χ2v) is 10.5. The first-order valence-corrected chi connectivity index (χ1v) is 12.6. The molecule has 1 aliphatic rings. The molecule has 0 radical (unpaired) electrons. The average molecular weight is 469 g/mol. The number of anilines is 1. The fourth-order valence-electron chi connectivity index (χ4n) is 3.27. The van der Waals surface area contributed by atoms with Crippen LogP contribution in [0.5, 0.6) is 0 Å². The molecule has 10 heteroatoms. The van der Waals surface area contributed by atoms with E-state index in [9.17, 15) is 13.2 Å². The molecule has 2 aromatic rings. The van der Waals surface area contributed by atoms with Crippen LogP contribution in [0.2, 0.25) is 5.02 Å². The molecule has 3 rings (SSSR count). The Bertz CT molecular complexity index is 1000. The molecule has 1 aliphatic heterocycles. The number of hydrogen-bond acceptors (Lipinski definition) is 6. The largest absolute Gasteiger partial charge is 0.324 e. The highest BCUT2D eigenvalue weighted by Crippen LogP contribution is 2.28. The summed E-state index contributed by atoms with van der Waals surface area (Å²) in [5.41, 5.74) is 1.94. The number of halogens is 1. The zero-order chi connectivity index (χ0) is 21.7. The van der Waals surface area contributed by atoms with Crippen LogP contribution in [-0.2, 0) is 14.8 Å². The van der Waals surface area contributed by atoms with Crippen molar-refractivity contribution in [2.75, 3.05) is 24.2 Å². The van der Waals surface area contributed by atoms with Gasteiger partial charge in [0, 0.05) is 24.5 Å². The van der Waals surface area contributed by atoms with E-state index in [1.165, 1.54) is 34.3 Å². The van der Waals surface area contributed by atoms with Gasteiger partial charge in [-0.15, -0.1) is 0 Å². The third kappa shape index (κ3) is 5.94. The van der Waals surface area contributed by atoms with Crippen LogP contribution >= 0.6 is 23.4 Å². The molecule has 0 aliphatic carbocycles. The Hall–Kier alpha value is -1.68. The lowest BCUT2D eigenvalue weighted by molar-refractivity contribution is -0.113. The molecule has 1 saturated heterocycles. The topological polar surface area (TPSA) is 92.3 Å². The van der Waals surface area contributed by atoms with Crippen molar-refractivity contribution in [3.05, 3.63) is 40.7 Å². The SMILES string of the molecule is Cc1cc(C)nc(SCC(=O)Nc2cc(S(=O)(=O)N3CCCCCC3)ccc2Cl)n1. The summed E-state index contributed by atoms with van der Waals surface area (Å²) in [6, 6.07) is 6.27. The van der Waals surface area contributed by atoms with E-state index in [-0.39, 0.29) is 27.3 Å². The molecule has 0 atom stereocenters. The van der Waals surface area contributed by atoms with Crippen molar-refractivity contribution in [1.82, 2.24) is 14.3 Å². The summed E-state index contributed by atoms with van der Waals surface area (Å²) in [5, 5.41) is 3.51. The molecule has 0 bridgehead atoms.